The van der Waals surface area contributed by atoms with E-state index in [4.69, 9.17) is 0 Å². The zero-order valence-corrected chi connectivity index (χ0v) is 12.3. The summed E-state index contributed by atoms with van der Waals surface area (Å²) in [5.74, 6) is 0. The number of hydrogen-bond donors (Lipinski definition) is 0. The van der Waals surface area contributed by atoms with E-state index in [0.29, 0.717) is 5.54 Å². The summed E-state index contributed by atoms with van der Waals surface area (Å²) >= 11 is 0. The van der Waals surface area contributed by atoms with Crippen molar-refractivity contribution >= 4 is 8.32 Å². The lowest BCUT2D eigenvalue weighted by atomic mass is 10.0. The molecule has 1 nitrogen and oxygen atoms in total. The van der Waals surface area contributed by atoms with Gasteiger partial charge >= 0.3 is 0 Å². The first-order valence-electron chi connectivity index (χ1n) is 7.43. The van der Waals surface area contributed by atoms with E-state index in [0.717, 1.165) is 12.1 Å². The molecule has 1 rings (SSSR count). The summed E-state index contributed by atoms with van der Waals surface area (Å²) in [7, 11) is -2.14. The van der Waals surface area contributed by atoms with Gasteiger partial charge in [-0.15, -0.1) is 0 Å². The van der Waals surface area contributed by atoms with E-state index in [1.165, 1.54) is 57.8 Å². The van der Waals surface area contributed by atoms with Crippen molar-refractivity contribution in [2.75, 3.05) is 0 Å². The molecule has 0 aromatic rings. The van der Waals surface area contributed by atoms with Gasteiger partial charge in [-0.25, -0.2) is 0 Å². The van der Waals surface area contributed by atoms with E-state index < -0.39 is 8.32 Å². The standard InChI is InChI=1S/C14H29OSi/c1-3-5-12-16(15,13-6-4-2)14-10-8-7-9-11-14/h14H,3-13H2,1-2H3. The molecule has 0 amide bonds. The zero-order chi connectivity index (χ0) is 11.9. The molecule has 1 aliphatic rings. The maximum Gasteiger partial charge on any atom is 0.240 e. The Bertz CT molecular complexity index is 168. The van der Waals surface area contributed by atoms with Gasteiger partial charge in [-0.05, 0) is 17.6 Å². The van der Waals surface area contributed by atoms with Gasteiger partial charge in [0, 0.05) is 0 Å². The smallest absolute Gasteiger partial charge is 0.240 e. The maximum atomic E-state index is 13.1. The lowest BCUT2D eigenvalue weighted by Gasteiger charge is -2.34. The summed E-state index contributed by atoms with van der Waals surface area (Å²) in [4.78, 5) is 13.1. The van der Waals surface area contributed by atoms with Gasteiger partial charge in [0.1, 0.15) is 0 Å². The second kappa shape index (κ2) is 7.49. The van der Waals surface area contributed by atoms with Crippen molar-refractivity contribution in [2.24, 2.45) is 0 Å². The molecular formula is C14H29OSi. The summed E-state index contributed by atoms with van der Waals surface area (Å²) in [6, 6.07) is 2.13. The van der Waals surface area contributed by atoms with Crippen LogP contribution >= 0.6 is 0 Å². The van der Waals surface area contributed by atoms with Gasteiger partial charge in [0.2, 0.25) is 8.32 Å². The maximum absolute atomic E-state index is 13.1. The Kier molecular flexibility index (Phi) is 6.67. The van der Waals surface area contributed by atoms with Crippen LogP contribution in [0.5, 0.6) is 0 Å². The van der Waals surface area contributed by atoms with Crippen LogP contribution in [0, 0.1) is 0 Å². The first kappa shape index (κ1) is 14.2. The minimum atomic E-state index is -2.14. The number of hydrogen-bond acceptors (Lipinski definition) is 0. The highest BCUT2D eigenvalue weighted by atomic mass is 28.4. The Morgan fingerprint density at radius 3 is 1.88 bits per heavy atom. The lowest BCUT2D eigenvalue weighted by Crippen LogP contribution is -2.39. The van der Waals surface area contributed by atoms with Crippen LogP contribution in [0.3, 0.4) is 0 Å². The molecule has 1 fully saturated rings. The fourth-order valence-corrected chi connectivity index (χ4v) is 7.54. The van der Waals surface area contributed by atoms with Crippen molar-refractivity contribution in [3.8, 4) is 0 Å². The van der Waals surface area contributed by atoms with Gasteiger partial charge in [0.15, 0.2) is 0 Å². The molecule has 0 aromatic heterocycles. The summed E-state index contributed by atoms with van der Waals surface area (Å²) < 4.78 is 0. The van der Waals surface area contributed by atoms with Crippen molar-refractivity contribution in [3.63, 3.8) is 0 Å². The van der Waals surface area contributed by atoms with E-state index in [2.05, 4.69) is 13.8 Å². The van der Waals surface area contributed by atoms with Gasteiger partial charge < -0.3 is 0 Å². The minimum Gasteiger partial charge on any atom is -0.297 e. The quantitative estimate of drug-likeness (QED) is 0.539. The molecule has 0 aliphatic heterocycles. The average Bonchev–Trinajstić information content (AvgIpc) is 2.35. The van der Waals surface area contributed by atoms with Gasteiger partial charge in [0.25, 0.3) is 0 Å². The Labute approximate surface area is 103 Å². The third kappa shape index (κ3) is 4.21. The molecule has 0 saturated heterocycles. The summed E-state index contributed by atoms with van der Waals surface area (Å²) in [5.41, 5.74) is 0.624. The number of unbranched alkanes of at least 4 members (excludes halogenated alkanes) is 2. The van der Waals surface area contributed by atoms with Crippen LogP contribution in [-0.2, 0) is 4.80 Å². The predicted octanol–water partition coefficient (Wildman–Crippen LogP) is 5.30. The molecule has 95 valence electrons. The monoisotopic (exact) mass is 241 g/mol. The van der Waals surface area contributed by atoms with Gasteiger partial charge in [-0.3, -0.25) is 4.80 Å². The normalized spacial score (nSPS) is 18.9. The Balaban J connectivity index is 2.51. The molecule has 16 heavy (non-hydrogen) atoms. The fraction of sp³-hybridized carbons (Fsp3) is 1.00. The highest BCUT2D eigenvalue weighted by Crippen LogP contribution is 2.41. The average molecular weight is 241 g/mol. The Morgan fingerprint density at radius 1 is 0.938 bits per heavy atom. The van der Waals surface area contributed by atoms with Crippen molar-refractivity contribution < 1.29 is 4.80 Å². The molecule has 0 bridgehead atoms. The second-order valence-electron chi connectivity index (χ2n) is 5.61. The Hall–Kier alpha value is 0.177. The molecular weight excluding hydrogens is 212 g/mol. The summed E-state index contributed by atoms with van der Waals surface area (Å²) in [6.07, 6.45) is 11.4. The number of rotatable bonds is 7. The highest BCUT2D eigenvalue weighted by molar-refractivity contribution is 6.73. The van der Waals surface area contributed by atoms with Gasteiger partial charge in [0.05, 0.1) is 0 Å². The lowest BCUT2D eigenvalue weighted by molar-refractivity contribution is 0.356. The van der Waals surface area contributed by atoms with Crippen molar-refractivity contribution in [1.29, 1.82) is 0 Å². The first-order chi connectivity index (χ1) is 7.73. The third-order valence-electron chi connectivity index (χ3n) is 4.26. The molecule has 1 radical (unpaired) electrons. The first-order valence-corrected chi connectivity index (χ1v) is 9.83. The SMILES string of the molecule is CCCC[Si]([O])(CCCC)C1CCCCC1. The Morgan fingerprint density at radius 2 is 1.44 bits per heavy atom. The molecule has 0 aromatic carbocycles. The molecule has 1 aliphatic carbocycles. The van der Waals surface area contributed by atoms with E-state index in [9.17, 15) is 4.80 Å². The van der Waals surface area contributed by atoms with Crippen LogP contribution in [0.1, 0.15) is 71.6 Å². The molecule has 0 atom stereocenters. The molecule has 0 spiro atoms. The van der Waals surface area contributed by atoms with Gasteiger partial charge in [-0.2, -0.15) is 0 Å². The highest BCUT2D eigenvalue weighted by Gasteiger charge is 2.41. The van der Waals surface area contributed by atoms with Crippen LogP contribution in [0.15, 0.2) is 0 Å². The van der Waals surface area contributed by atoms with E-state index >= 15 is 0 Å². The van der Waals surface area contributed by atoms with Crippen molar-refractivity contribution in [2.45, 2.75) is 89.3 Å². The van der Waals surface area contributed by atoms with Crippen LogP contribution in [0.4, 0.5) is 0 Å². The summed E-state index contributed by atoms with van der Waals surface area (Å²) in [6.45, 7) is 4.44. The predicted molar refractivity (Wildman–Crippen MR) is 72.7 cm³/mol. The largest absolute Gasteiger partial charge is 0.297 e. The van der Waals surface area contributed by atoms with Crippen LogP contribution in [-0.4, -0.2) is 8.32 Å². The molecule has 1 saturated carbocycles. The van der Waals surface area contributed by atoms with Crippen LogP contribution < -0.4 is 0 Å². The third-order valence-corrected chi connectivity index (χ3v) is 8.72. The van der Waals surface area contributed by atoms with Gasteiger partial charge in [-0.1, -0.05) is 71.6 Å². The summed E-state index contributed by atoms with van der Waals surface area (Å²) in [5, 5.41) is 0. The van der Waals surface area contributed by atoms with Crippen LogP contribution in [0.2, 0.25) is 17.6 Å². The topological polar surface area (TPSA) is 19.9 Å². The van der Waals surface area contributed by atoms with Crippen LogP contribution in [0.25, 0.3) is 0 Å². The molecule has 0 heterocycles. The molecule has 2 heteroatoms. The molecule has 0 N–H and O–H groups in total. The minimum absolute atomic E-state index is 0.624. The second-order valence-corrected chi connectivity index (χ2v) is 9.55. The molecule has 0 unspecified atom stereocenters. The van der Waals surface area contributed by atoms with Crippen molar-refractivity contribution in [3.05, 3.63) is 0 Å². The zero-order valence-electron chi connectivity index (χ0n) is 11.3. The fourth-order valence-electron chi connectivity index (χ4n) is 3.11. The van der Waals surface area contributed by atoms with E-state index in [-0.39, 0.29) is 0 Å². The van der Waals surface area contributed by atoms with E-state index in [1.807, 2.05) is 0 Å². The van der Waals surface area contributed by atoms with E-state index in [1.54, 1.807) is 0 Å². The van der Waals surface area contributed by atoms with Crippen molar-refractivity contribution in [1.82, 2.24) is 0 Å².